The van der Waals surface area contributed by atoms with Crippen LogP contribution in [0.3, 0.4) is 0 Å². The average molecular weight is 218 g/mol. The van der Waals surface area contributed by atoms with Gasteiger partial charge in [0.1, 0.15) is 17.4 Å². The van der Waals surface area contributed by atoms with E-state index in [0.717, 1.165) is 30.4 Å². The Morgan fingerprint density at radius 2 is 2.19 bits per heavy atom. The molecule has 3 rings (SSSR count). The summed E-state index contributed by atoms with van der Waals surface area (Å²) < 4.78 is 5.37. The van der Waals surface area contributed by atoms with Crippen LogP contribution in [0.1, 0.15) is 46.7 Å². The van der Waals surface area contributed by atoms with E-state index >= 15 is 0 Å². The number of hydrogen-bond donors (Lipinski definition) is 1. The number of fused-ring (bicyclic) bond motifs is 3. The Morgan fingerprint density at radius 1 is 1.38 bits per heavy atom. The van der Waals surface area contributed by atoms with Gasteiger partial charge in [-0.25, -0.2) is 4.79 Å². The standard InChI is InChI=1S/C13H14O3/c1-7-5-6-9-8-3-2-4-10(8)16-13(15)11(9)12(7)14/h5-6,8,10,14H,2-4H2,1H3. The van der Waals surface area contributed by atoms with Crippen LogP contribution in [0.4, 0.5) is 0 Å². The summed E-state index contributed by atoms with van der Waals surface area (Å²) in [6, 6.07) is 3.84. The first-order valence-corrected chi connectivity index (χ1v) is 5.72. The minimum Gasteiger partial charge on any atom is -0.507 e. The Morgan fingerprint density at radius 3 is 3.00 bits per heavy atom. The Labute approximate surface area is 94.0 Å². The molecule has 0 radical (unpaired) electrons. The van der Waals surface area contributed by atoms with Gasteiger partial charge in [0.05, 0.1) is 0 Å². The smallest absolute Gasteiger partial charge is 0.342 e. The van der Waals surface area contributed by atoms with E-state index in [1.54, 1.807) is 6.92 Å². The molecule has 0 amide bonds. The molecule has 1 aromatic carbocycles. The maximum Gasteiger partial charge on any atom is 0.342 e. The molecule has 84 valence electrons. The molecule has 2 atom stereocenters. The van der Waals surface area contributed by atoms with Gasteiger partial charge < -0.3 is 9.84 Å². The second-order valence-corrected chi connectivity index (χ2v) is 4.68. The first kappa shape index (κ1) is 9.70. The van der Waals surface area contributed by atoms with Crippen molar-refractivity contribution in [3.05, 3.63) is 28.8 Å². The fourth-order valence-electron chi connectivity index (χ4n) is 2.85. The van der Waals surface area contributed by atoms with E-state index in [1.807, 2.05) is 12.1 Å². The third kappa shape index (κ3) is 1.17. The summed E-state index contributed by atoms with van der Waals surface area (Å²) in [5.74, 6) is 0.0198. The average Bonchev–Trinajstić information content (AvgIpc) is 2.70. The summed E-state index contributed by atoms with van der Waals surface area (Å²) in [5.41, 5.74) is 2.09. The van der Waals surface area contributed by atoms with E-state index in [-0.39, 0.29) is 17.8 Å². The number of aryl methyl sites for hydroxylation is 1. The van der Waals surface area contributed by atoms with Gasteiger partial charge in [0.25, 0.3) is 0 Å². The minimum absolute atomic E-state index is 0.0297. The number of ether oxygens (including phenoxy) is 1. The highest BCUT2D eigenvalue weighted by Crippen LogP contribution is 2.44. The summed E-state index contributed by atoms with van der Waals surface area (Å²) in [7, 11) is 0. The van der Waals surface area contributed by atoms with Gasteiger partial charge in [-0.2, -0.15) is 0 Å². The van der Waals surface area contributed by atoms with Crippen LogP contribution in [0, 0.1) is 6.92 Å². The first-order chi connectivity index (χ1) is 7.68. The Kier molecular flexibility index (Phi) is 1.96. The lowest BCUT2D eigenvalue weighted by Gasteiger charge is -2.28. The lowest BCUT2D eigenvalue weighted by Crippen LogP contribution is -2.28. The third-order valence-corrected chi connectivity index (χ3v) is 3.73. The molecule has 1 fully saturated rings. The van der Waals surface area contributed by atoms with Gasteiger partial charge >= 0.3 is 5.97 Å². The van der Waals surface area contributed by atoms with E-state index in [9.17, 15) is 9.90 Å². The SMILES string of the molecule is Cc1ccc2c(c1O)C(=O)OC1CCCC21. The fraction of sp³-hybridized carbons (Fsp3) is 0.462. The minimum atomic E-state index is -0.362. The van der Waals surface area contributed by atoms with E-state index in [0.29, 0.717) is 11.5 Å². The van der Waals surface area contributed by atoms with Gasteiger partial charge in [-0.1, -0.05) is 12.1 Å². The van der Waals surface area contributed by atoms with E-state index < -0.39 is 0 Å². The first-order valence-electron chi connectivity index (χ1n) is 5.72. The number of esters is 1. The van der Waals surface area contributed by atoms with Crippen LogP contribution in [0.2, 0.25) is 0 Å². The Bertz CT molecular complexity index is 464. The number of phenolic OH excluding ortho intramolecular Hbond substituents is 1. The number of benzene rings is 1. The molecule has 16 heavy (non-hydrogen) atoms. The molecule has 1 heterocycles. The van der Waals surface area contributed by atoms with Crippen molar-refractivity contribution in [3.8, 4) is 5.75 Å². The molecule has 0 bridgehead atoms. The van der Waals surface area contributed by atoms with Gasteiger partial charge in [-0.05, 0) is 37.3 Å². The highest BCUT2D eigenvalue weighted by molar-refractivity contribution is 5.96. The number of aromatic hydroxyl groups is 1. The molecular weight excluding hydrogens is 204 g/mol. The maximum atomic E-state index is 11.8. The van der Waals surface area contributed by atoms with E-state index in [2.05, 4.69) is 0 Å². The Hall–Kier alpha value is -1.51. The molecule has 0 spiro atoms. The molecule has 3 heteroatoms. The summed E-state index contributed by atoms with van der Waals surface area (Å²) in [4.78, 5) is 11.8. The number of hydrogen-bond acceptors (Lipinski definition) is 3. The van der Waals surface area contributed by atoms with Crippen LogP contribution in [0.25, 0.3) is 0 Å². The molecular formula is C13H14O3. The van der Waals surface area contributed by atoms with Crippen molar-refractivity contribution in [2.45, 2.75) is 38.2 Å². The van der Waals surface area contributed by atoms with Crippen LogP contribution in [-0.2, 0) is 4.74 Å². The van der Waals surface area contributed by atoms with Gasteiger partial charge in [-0.3, -0.25) is 0 Å². The monoisotopic (exact) mass is 218 g/mol. The third-order valence-electron chi connectivity index (χ3n) is 3.73. The van der Waals surface area contributed by atoms with Gasteiger partial charge in [0.15, 0.2) is 0 Å². The zero-order valence-electron chi connectivity index (χ0n) is 9.19. The highest BCUT2D eigenvalue weighted by Gasteiger charge is 2.40. The summed E-state index contributed by atoms with van der Waals surface area (Å²) >= 11 is 0. The highest BCUT2D eigenvalue weighted by atomic mass is 16.5. The van der Waals surface area contributed by atoms with Crippen LogP contribution in [0.5, 0.6) is 5.75 Å². The van der Waals surface area contributed by atoms with E-state index in [1.165, 1.54) is 0 Å². The molecule has 2 unspecified atom stereocenters. The number of rotatable bonds is 0. The summed E-state index contributed by atoms with van der Waals surface area (Å²) in [5, 5.41) is 9.93. The fourth-order valence-corrected chi connectivity index (χ4v) is 2.85. The quantitative estimate of drug-likeness (QED) is 0.680. The molecule has 2 aliphatic rings. The topological polar surface area (TPSA) is 46.5 Å². The van der Waals surface area contributed by atoms with Crippen LogP contribution in [-0.4, -0.2) is 17.2 Å². The van der Waals surface area contributed by atoms with Crippen molar-refractivity contribution in [2.75, 3.05) is 0 Å². The van der Waals surface area contributed by atoms with Crippen molar-refractivity contribution in [3.63, 3.8) is 0 Å². The lowest BCUT2D eigenvalue weighted by molar-refractivity contribution is 0.0223. The number of carbonyl (C=O) groups excluding carboxylic acids is 1. The maximum absolute atomic E-state index is 11.8. The Balaban J connectivity index is 2.20. The lowest BCUT2D eigenvalue weighted by atomic mass is 9.87. The van der Waals surface area contributed by atoms with Crippen LogP contribution >= 0.6 is 0 Å². The zero-order chi connectivity index (χ0) is 11.3. The largest absolute Gasteiger partial charge is 0.507 e. The predicted octanol–water partition coefficient (Wildman–Crippen LogP) is 2.51. The molecule has 1 aromatic rings. The van der Waals surface area contributed by atoms with Crippen molar-refractivity contribution in [1.29, 1.82) is 0 Å². The van der Waals surface area contributed by atoms with Crippen molar-refractivity contribution < 1.29 is 14.6 Å². The molecule has 0 aromatic heterocycles. The summed E-state index contributed by atoms with van der Waals surface area (Å²) in [6.45, 7) is 1.80. The summed E-state index contributed by atoms with van der Waals surface area (Å²) in [6.07, 6.45) is 3.12. The van der Waals surface area contributed by atoms with Crippen LogP contribution in [0.15, 0.2) is 12.1 Å². The van der Waals surface area contributed by atoms with E-state index in [4.69, 9.17) is 4.74 Å². The predicted molar refractivity (Wildman–Crippen MR) is 58.6 cm³/mol. The van der Waals surface area contributed by atoms with Gasteiger partial charge in [-0.15, -0.1) is 0 Å². The molecule has 1 aliphatic heterocycles. The van der Waals surface area contributed by atoms with Crippen molar-refractivity contribution >= 4 is 5.97 Å². The van der Waals surface area contributed by atoms with Gasteiger partial charge in [0, 0.05) is 5.92 Å². The zero-order valence-corrected chi connectivity index (χ0v) is 9.19. The number of carbonyl (C=O) groups is 1. The molecule has 1 N–H and O–H groups in total. The van der Waals surface area contributed by atoms with Gasteiger partial charge in [0.2, 0.25) is 0 Å². The second-order valence-electron chi connectivity index (χ2n) is 4.68. The second kappa shape index (κ2) is 3.24. The van der Waals surface area contributed by atoms with Crippen LogP contribution < -0.4 is 0 Å². The molecule has 1 aliphatic carbocycles. The van der Waals surface area contributed by atoms with Crippen molar-refractivity contribution in [2.24, 2.45) is 0 Å². The molecule has 1 saturated carbocycles. The molecule has 0 saturated heterocycles. The normalized spacial score (nSPS) is 27.2. The number of phenols is 1. The molecule has 3 nitrogen and oxygen atoms in total. The van der Waals surface area contributed by atoms with Crippen molar-refractivity contribution in [1.82, 2.24) is 0 Å².